The van der Waals surface area contributed by atoms with Gasteiger partial charge in [-0.25, -0.2) is 9.59 Å². The van der Waals surface area contributed by atoms with Gasteiger partial charge < -0.3 is 20.4 Å². The molecule has 0 aliphatic rings. The Kier molecular flexibility index (Phi) is 14.8. The Bertz CT molecular complexity index is 333. The van der Waals surface area contributed by atoms with E-state index in [1.54, 1.807) is 0 Å². The van der Waals surface area contributed by atoms with Crippen molar-refractivity contribution >= 4 is 23.9 Å². The summed E-state index contributed by atoms with van der Waals surface area (Å²) in [6.07, 6.45) is 1.63. The zero-order valence-electron chi connectivity index (χ0n) is 10.0. The molecule has 0 aliphatic carbocycles. The third-order valence-corrected chi connectivity index (χ3v) is 1.40. The van der Waals surface area contributed by atoms with Gasteiger partial charge in [-0.15, -0.1) is 0 Å². The first-order valence-corrected chi connectivity index (χ1v) is 4.82. The maximum Gasteiger partial charge on any atom is 0.342 e. The Hall–Kier alpha value is -1.85. The first-order valence-electron chi connectivity index (χ1n) is 4.82. The van der Waals surface area contributed by atoms with Crippen LogP contribution in [0, 0.1) is 0 Å². The van der Waals surface area contributed by atoms with E-state index in [0.717, 1.165) is 6.42 Å². The summed E-state index contributed by atoms with van der Waals surface area (Å²) >= 11 is 0. The molecule has 0 unspecified atom stereocenters. The van der Waals surface area contributed by atoms with Gasteiger partial charge in [-0.2, -0.15) is 0 Å². The van der Waals surface area contributed by atoms with Crippen LogP contribution >= 0.6 is 0 Å². The molecule has 0 atom stereocenters. The van der Waals surface area contributed by atoms with Crippen LogP contribution in [0.1, 0.15) is 26.2 Å². The molecular weight excluding hydrogens is 300 g/mol. The molecule has 0 spiro atoms. The Morgan fingerprint density at radius 2 is 1.26 bits per heavy atom. The SMILES string of the molecule is CCCC=C(C(=O)O)C(=O)O.O=C(O)CC(=O)O.[Cr]. The van der Waals surface area contributed by atoms with Gasteiger partial charge in [-0.1, -0.05) is 19.4 Å². The van der Waals surface area contributed by atoms with E-state index >= 15 is 0 Å². The summed E-state index contributed by atoms with van der Waals surface area (Å²) in [6.45, 7) is 1.85. The van der Waals surface area contributed by atoms with Crippen LogP contribution in [0.15, 0.2) is 11.6 Å². The number of unbranched alkanes of at least 4 members (excludes halogenated alkanes) is 1. The molecule has 0 aliphatic heterocycles. The maximum atomic E-state index is 10.2. The molecule has 0 saturated carbocycles. The van der Waals surface area contributed by atoms with Gasteiger partial charge in [-0.3, -0.25) is 9.59 Å². The zero-order valence-corrected chi connectivity index (χ0v) is 11.3. The maximum absolute atomic E-state index is 10.2. The molecule has 0 aromatic heterocycles. The van der Waals surface area contributed by atoms with Gasteiger partial charge in [0.15, 0.2) is 0 Å². The van der Waals surface area contributed by atoms with Gasteiger partial charge in [-0.05, 0) is 6.42 Å². The van der Waals surface area contributed by atoms with Crippen molar-refractivity contribution in [2.75, 3.05) is 0 Å². The van der Waals surface area contributed by atoms with E-state index in [1.165, 1.54) is 6.08 Å². The minimum absolute atomic E-state index is 0. The van der Waals surface area contributed by atoms with E-state index in [1.807, 2.05) is 6.92 Å². The predicted octanol–water partition coefficient (Wildman–Crippen LogP) is 0.425. The van der Waals surface area contributed by atoms with Gasteiger partial charge in [0.2, 0.25) is 0 Å². The molecule has 0 saturated heterocycles. The fourth-order valence-electron chi connectivity index (χ4n) is 0.684. The van der Waals surface area contributed by atoms with Gasteiger partial charge >= 0.3 is 23.9 Å². The molecule has 0 bridgehead atoms. The van der Waals surface area contributed by atoms with Crippen LogP contribution in [0.3, 0.4) is 0 Å². The number of carbonyl (C=O) groups is 4. The van der Waals surface area contributed by atoms with Crippen LogP contribution in [0.2, 0.25) is 0 Å². The molecule has 9 heteroatoms. The molecule has 8 nitrogen and oxygen atoms in total. The third kappa shape index (κ3) is 16.2. The molecule has 108 valence electrons. The summed E-state index contributed by atoms with van der Waals surface area (Å²) in [5, 5.41) is 32.0. The van der Waals surface area contributed by atoms with Crippen molar-refractivity contribution in [2.24, 2.45) is 0 Å². The molecular formula is C10H14CrO8. The summed E-state index contributed by atoms with van der Waals surface area (Å²) < 4.78 is 0. The molecule has 0 rings (SSSR count). The van der Waals surface area contributed by atoms with Crippen molar-refractivity contribution in [3.8, 4) is 0 Å². The summed E-state index contributed by atoms with van der Waals surface area (Å²) in [6, 6.07) is 0. The van der Waals surface area contributed by atoms with Crippen LogP contribution in [-0.2, 0) is 36.5 Å². The summed E-state index contributed by atoms with van der Waals surface area (Å²) in [7, 11) is 0. The fraction of sp³-hybridized carbons (Fsp3) is 0.400. The molecule has 0 amide bonds. The molecule has 0 fully saturated rings. The van der Waals surface area contributed by atoms with Crippen LogP contribution in [0.5, 0.6) is 0 Å². The smallest absolute Gasteiger partial charge is 0.342 e. The Morgan fingerprint density at radius 1 is 0.895 bits per heavy atom. The first kappa shape index (κ1) is 22.3. The fourth-order valence-corrected chi connectivity index (χ4v) is 0.684. The van der Waals surface area contributed by atoms with E-state index in [-0.39, 0.29) is 17.4 Å². The van der Waals surface area contributed by atoms with Gasteiger partial charge in [0.25, 0.3) is 0 Å². The van der Waals surface area contributed by atoms with Gasteiger partial charge in [0.1, 0.15) is 12.0 Å². The Morgan fingerprint density at radius 3 is 1.42 bits per heavy atom. The monoisotopic (exact) mass is 314 g/mol. The quantitative estimate of drug-likeness (QED) is 0.313. The van der Waals surface area contributed by atoms with E-state index < -0.39 is 35.9 Å². The number of carboxylic acid groups (broad SMARTS) is 4. The van der Waals surface area contributed by atoms with Crippen LogP contribution in [-0.4, -0.2) is 44.3 Å². The second kappa shape index (κ2) is 12.6. The van der Waals surface area contributed by atoms with E-state index in [0.29, 0.717) is 6.42 Å². The van der Waals surface area contributed by atoms with Crippen molar-refractivity contribution in [2.45, 2.75) is 26.2 Å². The molecule has 4 N–H and O–H groups in total. The Balaban J connectivity index is -0.000000280. The summed E-state index contributed by atoms with van der Waals surface area (Å²) in [5.41, 5.74) is -0.549. The van der Waals surface area contributed by atoms with E-state index in [9.17, 15) is 19.2 Å². The predicted molar refractivity (Wildman–Crippen MR) is 58.2 cm³/mol. The molecule has 0 radical (unpaired) electrons. The number of allylic oxidation sites excluding steroid dienone is 1. The zero-order chi connectivity index (χ0) is 14.7. The van der Waals surface area contributed by atoms with Crippen LogP contribution in [0.25, 0.3) is 0 Å². The normalized spacial score (nSPS) is 8.05. The van der Waals surface area contributed by atoms with Crippen LogP contribution < -0.4 is 0 Å². The minimum atomic E-state index is -1.38. The van der Waals surface area contributed by atoms with Gasteiger partial charge in [0.05, 0.1) is 0 Å². The minimum Gasteiger partial charge on any atom is -0.481 e. The number of rotatable bonds is 6. The molecule has 0 heterocycles. The molecule has 19 heavy (non-hydrogen) atoms. The average molecular weight is 314 g/mol. The standard InChI is InChI=1S/C7H10O4.C3H4O4.Cr/c1-2-3-4-5(6(8)9)7(10)11;4-2(5)1-3(6)7;/h4H,2-3H2,1H3,(H,8,9)(H,10,11);1H2,(H,4,5)(H,6,7);. The van der Waals surface area contributed by atoms with Gasteiger partial charge in [0, 0.05) is 17.4 Å². The summed E-state index contributed by atoms with van der Waals surface area (Å²) in [5.74, 6) is -5.39. The summed E-state index contributed by atoms with van der Waals surface area (Å²) in [4.78, 5) is 39.3. The van der Waals surface area contributed by atoms with E-state index in [2.05, 4.69) is 0 Å². The first-order chi connectivity index (χ1) is 8.22. The topological polar surface area (TPSA) is 149 Å². The number of hydrogen-bond donors (Lipinski definition) is 4. The van der Waals surface area contributed by atoms with Crippen molar-refractivity contribution in [1.29, 1.82) is 0 Å². The van der Waals surface area contributed by atoms with E-state index in [4.69, 9.17) is 20.4 Å². The van der Waals surface area contributed by atoms with Crippen molar-refractivity contribution in [1.82, 2.24) is 0 Å². The van der Waals surface area contributed by atoms with Crippen LogP contribution in [0.4, 0.5) is 0 Å². The largest absolute Gasteiger partial charge is 0.481 e. The molecule has 0 aromatic rings. The third-order valence-electron chi connectivity index (χ3n) is 1.40. The van der Waals surface area contributed by atoms with Crippen molar-refractivity contribution in [3.05, 3.63) is 11.6 Å². The Labute approximate surface area is 119 Å². The second-order valence-corrected chi connectivity index (χ2v) is 2.98. The van der Waals surface area contributed by atoms with Crippen molar-refractivity contribution < 1.29 is 57.0 Å². The second-order valence-electron chi connectivity index (χ2n) is 2.98. The van der Waals surface area contributed by atoms with Crippen molar-refractivity contribution in [3.63, 3.8) is 0 Å². The number of hydrogen-bond acceptors (Lipinski definition) is 4. The number of carboxylic acids is 4. The average Bonchev–Trinajstić information content (AvgIpc) is 2.15. The molecule has 0 aromatic carbocycles. The number of aliphatic carboxylic acids is 4.